The minimum absolute atomic E-state index is 0.147. The van der Waals surface area contributed by atoms with Crippen LogP contribution >= 0.6 is 0 Å². The smallest absolute Gasteiger partial charge is 0.256 e. The Morgan fingerprint density at radius 1 is 0.263 bits per heavy atom. The van der Waals surface area contributed by atoms with Gasteiger partial charge >= 0.3 is 0 Å². The van der Waals surface area contributed by atoms with Gasteiger partial charge in [0.25, 0.3) is 13.4 Å². The highest BCUT2D eigenvalue weighted by Gasteiger charge is 2.49. The first-order valence-electron chi connectivity index (χ1n) is 27.7. The van der Waals surface area contributed by atoms with Crippen molar-refractivity contribution in [3.05, 3.63) is 273 Å². The molecule has 80 heavy (non-hydrogen) atoms. The normalized spacial score (nSPS) is 13.5. The van der Waals surface area contributed by atoms with Crippen LogP contribution in [0.4, 0.5) is 51.2 Å². The maximum atomic E-state index is 7.72. The standard InChI is InChI=1S/C72H45B2N5O/c1-6-24-46(25-7-1)75-57-38-20-16-34-51(57)67-62(75)43-64-69-71(67)78(49-30-12-4-13-31-49)59-40-22-18-36-53(59)73(69)55-42-56-65(44-61(55)77(64)48-28-10-3-11-29-48)80-66-45-63-68(52-35-17-21-39-58(52)76(63)47-26-8-2-9-27-47)72-70(66)74(56)54-37-19-23-41-60(54)79(72)50-32-14-5-15-33-50/h1-45H. The van der Waals surface area contributed by atoms with Crippen molar-refractivity contribution in [1.29, 1.82) is 0 Å². The van der Waals surface area contributed by atoms with Crippen LogP contribution in [0.15, 0.2) is 273 Å². The summed E-state index contributed by atoms with van der Waals surface area (Å²) in [4.78, 5) is 7.59. The molecule has 12 aromatic carbocycles. The van der Waals surface area contributed by atoms with E-state index in [1.165, 1.54) is 60.2 Å². The van der Waals surface area contributed by atoms with Crippen molar-refractivity contribution in [2.75, 3.05) is 14.7 Å². The molecule has 0 spiro atoms. The fraction of sp³-hybridized carbons (Fsp3) is 0. The molecule has 370 valence electrons. The Hall–Kier alpha value is -10.4. The number of ether oxygens (including phenoxy) is 1. The van der Waals surface area contributed by atoms with Crippen LogP contribution in [-0.2, 0) is 0 Å². The summed E-state index contributed by atoms with van der Waals surface area (Å²) in [5.74, 6) is 1.72. The highest BCUT2D eigenvalue weighted by atomic mass is 16.5. The summed E-state index contributed by atoms with van der Waals surface area (Å²) in [5.41, 5.74) is 24.4. The summed E-state index contributed by atoms with van der Waals surface area (Å²) in [6.07, 6.45) is 0. The van der Waals surface area contributed by atoms with Crippen molar-refractivity contribution < 1.29 is 4.74 Å². The molecule has 0 saturated carbocycles. The molecule has 0 radical (unpaired) electrons. The van der Waals surface area contributed by atoms with Crippen molar-refractivity contribution in [3.8, 4) is 22.9 Å². The van der Waals surface area contributed by atoms with Crippen LogP contribution in [0.2, 0.25) is 0 Å². The summed E-state index contributed by atoms with van der Waals surface area (Å²) in [7, 11) is 0. The Labute approximate surface area is 463 Å². The molecule has 0 fully saturated rings. The zero-order valence-electron chi connectivity index (χ0n) is 43.3. The topological polar surface area (TPSA) is 28.8 Å². The number of rotatable bonds is 5. The second-order valence-corrected chi connectivity index (χ2v) is 21.5. The number of nitrogens with zero attached hydrogens (tertiary/aromatic N) is 5. The van der Waals surface area contributed by atoms with Crippen molar-refractivity contribution in [2.45, 2.75) is 0 Å². The van der Waals surface area contributed by atoms with Crippen LogP contribution in [0.3, 0.4) is 0 Å². The van der Waals surface area contributed by atoms with Crippen LogP contribution in [0.1, 0.15) is 0 Å². The number of aromatic nitrogens is 2. The highest BCUT2D eigenvalue weighted by molar-refractivity contribution is 7.03. The molecular weight excluding hydrogens is 972 g/mol. The van der Waals surface area contributed by atoms with E-state index in [2.05, 4.69) is 297 Å². The van der Waals surface area contributed by atoms with Gasteiger partial charge in [-0.3, -0.25) is 0 Å². The maximum Gasteiger partial charge on any atom is 0.256 e. The lowest BCUT2D eigenvalue weighted by molar-refractivity contribution is 0.488. The first-order chi connectivity index (χ1) is 39.8. The third kappa shape index (κ3) is 5.88. The molecule has 2 aromatic heterocycles. The van der Waals surface area contributed by atoms with E-state index >= 15 is 0 Å². The predicted octanol–water partition coefficient (Wildman–Crippen LogP) is 14.4. The Balaban J connectivity index is 0.981. The van der Waals surface area contributed by atoms with Gasteiger partial charge in [0, 0.05) is 84.9 Å². The van der Waals surface area contributed by atoms with E-state index in [1.807, 2.05) is 0 Å². The van der Waals surface area contributed by atoms with Crippen LogP contribution in [0, 0.1) is 0 Å². The first kappa shape index (κ1) is 43.6. The molecule has 4 aliphatic heterocycles. The molecule has 0 atom stereocenters. The largest absolute Gasteiger partial charge is 0.458 e. The zero-order valence-corrected chi connectivity index (χ0v) is 43.3. The van der Waals surface area contributed by atoms with E-state index in [4.69, 9.17) is 4.74 Å². The van der Waals surface area contributed by atoms with E-state index < -0.39 is 0 Å². The van der Waals surface area contributed by atoms with Crippen LogP contribution in [-0.4, -0.2) is 22.6 Å². The Morgan fingerprint density at radius 2 is 0.675 bits per heavy atom. The second kappa shape index (κ2) is 16.5. The lowest BCUT2D eigenvalue weighted by Gasteiger charge is -2.45. The molecular formula is C72H45B2N5O. The monoisotopic (exact) mass is 1020 g/mol. The lowest BCUT2D eigenvalue weighted by Crippen LogP contribution is -2.64. The molecule has 0 aliphatic carbocycles. The van der Waals surface area contributed by atoms with Crippen molar-refractivity contribution >= 4 is 141 Å². The van der Waals surface area contributed by atoms with Gasteiger partial charge in [0.05, 0.1) is 33.4 Å². The molecule has 8 heteroatoms. The SMILES string of the molecule is c1ccc(N2c3cc4c(cc3B3c5ccccc5N(c5ccccc5)c5c3c2cc2c5c3ccccc3n2-c2ccccc2)B2c3ccccc3N(c3ccccc3)c3c2c(cc2c3c3ccccc3n2-c2ccccc2)O4)cc1. The molecule has 14 aromatic rings. The van der Waals surface area contributed by atoms with Gasteiger partial charge in [-0.05, 0) is 124 Å². The van der Waals surface area contributed by atoms with Crippen LogP contribution < -0.4 is 52.2 Å². The van der Waals surface area contributed by atoms with E-state index in [0.29, 0.717) is 0 Å². The third-order valence-electron chi connectivity index (χ3n) is 17.4. The molecule has 0 amide bonds. The molecule has 6 nitrogen and oxygen atoms in total. The average Bonchev–Trinajstić information content (AvgIpc) is 3.22. The summed E-state index contributed by atoms with van der Waals surface area (Å²) in [6.45, 7) is -0.308. The highest BCUT2D eigenvalue weighted by Crippen LogP contribution is 2.52. The Bertz CT molecular complexity index is 4890. The summed E-state index contributed by atoms with van der Waals surface area (Å²) < 4.78 is 12.6. The van der Waals surface area contributed by atoms with Crippen molar-refractivity contribution in [1.82, 2.24) is 9.13 Å². The van der Waals surface area contributed by atoms with Crippen molar-refractivity contribution in [2.24, 2.45) is 0 Å². The summed E-state index contributed by atoms with van der Waals surface area (Å²) >= 11 is 0. The molecule has 6 heterocycles. The Kier molecular flexibility index (Phi) is 9.03. The minimum atomic E-state index is -0.162. The first-order valence-corrected chi connectivity index (χ1v) is 27.7. The van der Waals surface area contributed by atoms with Gasteiger partial charge in [0.2, 0.25) is 0 Å². The minimum Gasteiger partial charge on any atom is -0.458 e. The maximum absolute atomic E-state index is 7.72. The van der Waals surface area contributed by atoms with Gasteiger partial charge in [-0.2, -0.15) is 0 Å². The molecule has 18 rings (SSSR count). The number of fused-ring (bicyclic) bond motifs is 16. The van der Waals surface area contributed by atoms with Crippen molar-refractivity contribution in [3.63, 3.8) is 0 Å². The number of benzene rings is 12. The van der Waals surface area contributed by atoms with Gasteiger partial charge in [0.1, 0.15) is 11.5 Å². The van der Waals surface area contributed by atoms with Gasteiger partial charge < -0.3 is 28.6 Å². The fourth-order valence-electron chi connectivity index (χ4n) is 14.4. The molecule has 4 aliphatic rings. The number of hydrogen-bond acceptors (Lipinski definition) is 4. The Morgan fingerprint density at radius 3 is 1.20 bits per heavy atom. The van der Waals surface area contributed by atoms with Crippen LogP contribution in [0.25, 0.3) is 55.0 Å². The average molecular weight is 1020 g/mol. The van der Waals surface area contributed by atoms with Crippen LogP contribution in [0.5, 0.6) is 11.5 Å². The third-order valence-corrected chi connectivity index (χ3v) is 17.4. The van der Waals surface area contributed by atoms with E-state index in [0.717, 1.165) is 90.2 Å². The van der Waals surface area contributed by atoms with Gasteiger partial charge in [0.15, 0.2) is 0 Å². The number of para-hydroxylation sites is 9. The molecule has 0 bridgehead atoms. The van der Waals surface area contributed by atoms with Gasteiger partial charge in [-0.1, -0.05) is 170 Å². The predicted molar refractivity (Wildman–Crippen MR) is 335 cm³/mol. The molecule has 0 saturated heterocycles. The second-order valence-electron chi connectivity index (χ2n) is 21.5. The number of anilines is 9. The zero-order chi connectivity index (χ0) is 52.2. The lowest BCUT2D eigenvalue weighted by atomic mass is 9.30. The molecule has 0 unspecified atom stereocenters. The van der Waals surface area contributed by atoms with E-state index in [-0.39, 0.29) is 13.4 Å². The summed E-state index contributed by atoms with van der Waals surface area (Å²) in [6, 6.07) is 100. The summed E-state index contributed by atoms with van der Waals surface area (Å²) in [5, 5.41) is 4.84. The fourth-order valence-corrected chi connectivity index (χ4v) is 14.4. The molecule has 0 N–H and O–H groups in total. The van der Waals surface area contributed by atoms with E-state index in [1.54, 1.807) is 0 Å². The quantitative estimate of drug-likeness (QED) is 0.161. The van der Waals surface area contributed by atoms with Gasteiger partial charge in [-0.25, -0.2) is 0 Å². The number of hydrogen-bond donors (Lipinski definition) is 0. The van der Waals surface area contributed by atoms with E-state index in [9.17, 15) is 0 Å². The van der Waals surface area contributed by atoms with Gasteiger partial charge in [-0.15, -0.1) is 0 Å².